The lowest BCUT2D eigenvalue weighted by atomic mass is 9.90. The zero-order chi connectivity index (χ0) is 16.2. The van der Waals surface area contributed by atoms with Crippen LogP contribution in [-0.2, 0) is 17.8 Å². The molecule has 0 radical (unpaired) electrons. The maximum absolute atomic E-state index is 12.5. The van der Waals surface area contributed by atoms with Gasteiger partial charge in [-0.05, 0) is 37.7 Å². The first-order valence-corrected chi connectivity index (χ1v) is 9.27. The maximum Gasteiger partial charge on any atom is 0.288 e. The van der Waals surface area contributed by atoms with Gasteiger partial charge < -0.3 is 4.90 Å². The Labute approximate surface area is 142 Å². The molecule has 1 aromatic heterocycles. The quantitative estimate of drug-likeness (QED) is 0.791. The third-order valence-corrected chi connectivity index (χ3v) is 5.95. The molecule has 3 rings (SSSR count). The van der Waals surface area contributed by atoms with E-state index in [2.05, 4.69) is 54.3 Å². The molecule has 0 bridgehead atoms. The number of aromatic nitrogens is 1. The lowest BCUT2D eigenvalue weighted by molar-refractivity contribution is -0.686. The van der Waals surface area contributed by atoms with E-state index in [9.17, 15) is 4.79 Å². The van der Waals surface area contributed by atoms with Crippen molar-refractivity contribution in [2.24, 2.45) is 5.92 Å². The summed E-state index contributed by atoms with van der Waals surface area (Å²) in [7, 11) is 0. The van der Waals surface area contributed by atoms with E-state index in [1.807, 2.05) is 4.90 Å². The van der Waals surface area contributed by atoms with Gasteiger partial charge in [-0.2, -0.15) is 4.57 Å². The van der Waals surface area contributed by atoms with Crippen LogP contribution in [0.4, 0.5) is 0 Å². The molecule has 1 aliphatic heterocycles. The van der Waals surface area contributed by atoms with Gasteiger partial charge in [-0.3, -0.25) is 4.79 Å². The number of rotatable bonds is 4. The standard InChI is InChI=1S/C19H25N2OS/c1-15-16(2)23-14-21(15)13-19(22)20-10-8-18(9-11-20)12-17-6-4-3-5-7-17/h3-7,14,18H,8-13H2,1-2H3/q+1. The molecule has 0 aliphatic carbocycles. The highest BCUT2D eigenvalue weighted by atomic mass is 32.1. The first kappa shape index (κ1) is 16.2. The minimum atomic E-state index is 0.258. The number of hydrogen-bond acceptors (Lipinski definition) is 2. The molecule has 4 heteroatoms. The fraction of sp³-hybridized carbons (Fsp3) is 0.474. The molecule has 0 N–H and O–H groups in total. The predicted octanol–water partition coefficient (Wildman–Crippen LogP) is 3.13. The number of piperidine rings is 1. The lowest BCUT2D eigenvalue weighted by Gasteiger charge is -2.31. The van der Waals surface area contributed by atoms with Crippen LogP contribution in [0.1, 0.15) is 29.0 Å². The molecule has 2 aromatic rings. The molecule has 2 heterocycles. The lowest BCUT2D eigenvalue weighted by Crippen LogP contribution is -2.47. The molecule has 1 saturated heterocycles. The van der Waals surface area contributed by atoms with E-state index < -0.39 is 0 Å². The second-order valence-corrected chi connectivity index (χ2v) is 7.57. The van der Waals surface area contributed by atoms with Crippen molar-refractivity contribution < 1.29 is 9.36 Å². The van der Waals surface area contributed by atoms with Gasteiger partial charge in [-0.1, -0.05) is 41.7 Å². The highest BCUT2D eigenvalue weighted by Crippen LogP contribution is 2.21. The van der Waals surface area contributed by atoms with Gasteiger partial charge in [0.15, 0.2) is 5.69 Å². The van der Waals surface area contributed by atoms with Crippen LogP contribution in [0.2, 0.25) is 0 Å². The summed E-state index contributed by atoms with van der Waals surface area (Å²) in [5.74, 6) is 0.966. The molecular formula is C19H25N2OS+. The Hall–Kier alpha value is -1.68. The smallest absolute Gasteiger partial charge is 0.288 e. The summed E-state index contributed by atoms with van der Waals surface area (Å²) in [6.07, 6.45) is 3.38. The minimum absolute atomic E-state index is 0.258. The highest BCUT2D eigenvalue weighted by Gasteiger charge is 2.26. The second kappa shape index (κ2) is 7.26. The van der Waals surface area contributed by atoms with Gasteiger partial charge in [0, 0.05) is 20.0 Å². The van der Waals surface area contributed by atoms with E-state index in [0.717, 1.165) is 32.4 Å². The number of amides is 1. The largest absolute Gasteiger partial charge is 0.337 e. The Morgan fingerprint density at radius 3 is 2.52 bits per heavy atom. The summed E-state index contributed by atoms with van der Waals surface area (Å²) in [6, 6.07) is 10.7. The van der Waals surface area contributed by atoms with Gasteiger partial charge in [-0.25, -0.2) is 0 Å². The molecule has 1 aromatic carbocycles. The van der Waals surface area contributed by atoms with Crippen LogP contribution in [-0.4, -0.2) is 23.9 Å². The Balaban J connectivity index is 1.50. The Bertz CT molecular complexity index is 657. The van der Waals surface area contributed by atoms with Crippen molar-refractivity contribution >= 4 is 17.2 Å². The molecule has 1 aliphatic rings. The summed E-state index contributed by atoms with van der Waals surface area (Å²) in [6.45, 7) is 6.49. The summed E-state index contributed by atoms with van der Waals surface area (Å²) in [5, 5.41) is 0. The highest BCUT2D eigenvalue weighted by molar-refractivity contribution is 7.09. The van der Waals surface area contributed by atoms with Crippen LogP contribution in [0, 0.1) is 19.8 Å². The number of thiazole rings is 1. The number of nitrogens with zero attached hydrogens (tertiary/aromatic N) is 2. The van der Waals surface area contributed by atoms with Crippen LogP contribution in [0.5, 0.6) is 0 Å². The van der Waals surface area contributed by atoms with Gasteiger partial charge >= 0.3 is 0 Å². The predicted molar refractivity (Wildman–Crippen MR) is 93.4 cm³/mol. The zero-order valence-corrected chi connectivity index (χ0v) is 14.8. The van der Waals surface area contributed by atoms with E-state index in [4.69, 9.17) is 0 Å². The molecule has 0 atom stereocenters. The van der Waals surface area contributed by atoms with Gasteiger partial charge in [0.05, 0.1) is 4.88 Å². The average molecular weight is 329 g/mol. The van der Waals surface area contributed by atoms with Crippen LogP contribution in [0.15, 0.2) is 35.8 Å². The van der Waals surface area contributed by atoms with Crippen LogP contribution in [0.3, 0.4) is 0 Å². The number of hydrogen-bond donors (Lipinski definition) is 0. The summed E-state index contributed by atoms with van der Waals surface area (Å²) in [5.41, 5.74) is 4.68. The molecule has 1 amide bonds. The average Bonchev–Trinajstić information content (AvgIpc) is 2.88. The summed E-state index contributed by atoms with van der Waals surface area (Å²) in [4.78, 5) is 15.8. The van der Waals surface area contributed by atoms with Gasteiger partial charge in [0.25, 0.3) is 5.91 Å². The molecule has 23 heavy (non-hydrogen) atoms. The van der Waals surface area contributed by atoms with E-state index in [0.29, 0.717) is 12.5 Å². The summed E-state index contributed by atoms with van der Waals surface area (Å²) >= 11 is 1.71. The fourth-order valence-corrected chi connectivity index (χ4v) is 4.05. The number of carbonyl (C=O) groups excluding carboxylic acids is 1. The van der Waals surface area contributed by atoms with Crippen molar-refractivity contribution in [1.82, 2.24) is 4.90 Å². The third-order valence-electron chi connectivity index (χ3n) is 4.94. The third kappa shape index (κ3) is 3.99. The number of aryl methyl sites for hydroxylation is 1. The van der Waals surface area contributed by atoms with Crippen molar-refractivity contribution in [1.29, 1.82) is 0 Å². The van der Waals surface area contributed by atoms with Crippen molar-refractivity contribution in [2.45, 2.75) is 39.7 Å². The van der Waals surface area contributed by atoms with Gasteiger partial charge in [0.1, 0.15) is 0 Å². The van der Waals surface area contributed by atoms with Crippen molar-refractivity contribution in [3.8, 4) is 0 Å². The van der Waals surface area contributed by atoms with Gasteiger partial charge in [0.2, 0.25) is 12.1 Å². The number of benzene rings is 1. The SMILES string of the molecule is Cc1sc[n+](CC(=O)N2CCC(Cc3ccccc3)CC2)c1C. The first-order chi connectivity index (χ1) is 11.1. The normalized spacial score (nSPS) is 15.8. The molecular weight excluding hydrogens is 304 g/mol. The van der Waals surface area contributed by atoms with E-state index in [1.165, 1.54) is 16.1 Å². The first-order valence-electron chi connectivity index (χ1n) is 8.39. The van der Waals surface area contributed by atoms with Crippen LogP contribution >= 0.6 is 11.3 Å². The summed E-state index contributed by atoms with van der Waals surface area (Å²) < 4.78 is 2.08. The minimum Gasteiger partial charge on any atom is -0.337 e. The number of likely N-dealkylation sites (tertiary alicyclic amines) is 1. The van der Waals surface area contributed by atoms with E-state index in [-0.39, 0.29) is 5.91 Å². The molecule has 0 saturated carbocycles. The van der Waals surface area contributed by atoms with E-state index >= 15 is 0 Å². The molecule has 122 valence electrons. The Morgan fingerprint density at radius 2 is 1.91 bits per heavy atom. The second-order valence-electron chi connectivity index (χ2n) is 6.51. The molecule has 0 spiro atoms. The Morgan fingerprint density at radius 1 is 1.22 bits per heavy atom. The van der Waals surface area contributed by atoms with E-state index in [1.54, 1.807) is 11.3 Å². The number of carbonyl (C=O) groups is 1. The van der Waals surface area contributed by atoms with Crippen molar-refractivity contribution in [2.75, 3.05) is 13.1 Å². The maximum atomic E-state index is 12.5. The van der Waals surface area contributed by atoms with Crippen molar-refractivity contribution in [3.63, 3.8) is 0 Å². The van der Waals surface area contributed by atoms with Crippen LogP contribution in [0.25, 0.3) is 0 Å². The zero-order valence-electron chi connectivity index (χ0n) is 14.0. The monoisotopic (exact) mass is 329 g/mol. The fourth-order valence-electron chi connectivity index (χ4n) is 3.24. The van der Waals surface area contributed by atoms with Crippen molar-refractivity contribution in [3.05, 3.63) is 52.0 Å². The van der Waals surface area contributed by atoms with Crippen LogP contribution < -0.4 is 4.57 Å². The molecule has 0 unspecified atom stereocenters. The molecule has 1 fully saturated rings. The topological polar surface area (TPSA) is 24.2 Å². The Kier molecular flexibility index (Phi) is 5.11. The molecule has 3 nitrogen and oxygen atoms in total. The van der Waals surface area contributed by atoms with Gasteiger partial charge in [-0.15, -0.1) is 0 Å².